The fourth-order valence-corrected chi connectivity index (χ4v) is 2.29. The highest BCUT2D eigenvalue weighted by atomic mass is 15.2. The second-order valence-electron chi connectivity index (χ2n) is 4.81. The molecule has 0 atom stereocenters. The highest BCUT2D eigenvalue weighted by Gasteiger charge is 2.13. The molecule has 3 nitrogen and oxygen atoms in total. The average molecular weight is 255 g/mol. The largest absolute Gasteiger partial charge is 0.329 e. The molecule has 1 aromatic heterocycles. The smallest absolute Gasteiger partial charge is 0.137 e. The van der Waals surface area contributed by atoms with Crippen molar-refractivity contribution in [3.63, 3.8) is 0 Å². The normalized spacial score (nSPS) is 10.5. The van der Waals surface area contributed by atoms with Crippen LogP contribution >= 0.6 is 0 Å². The van der Waals surface area contributed by atoms with Crippen LogP contribution in [-0.4, -0.2) is 19.1 Å². The van der Waals surface area contributed by atoms with Crippen molar-refractivity contribution in [3.8, 4) is 0 Å². The lowest BCUT2D eigenvalue weighted by molar-refractivity contribution is 0.802. The Labute approximate surface area is 115 Å². The van der Waals surface area contributed by atoms with Crippen LogP contribution in [0.15, 0.2) is 36.4 Å². The summed E-state index contributed by atoms with van der Waals surface area (Å²) in [5, 5.41) is 3.22. The number of nitrogens with zero attached hydrogens (tertiary/aromatic N) is 2. The molecule has 0 fully saturated rings. The Morgan fingerprint density at radius 1 is 1.16 bits per heavy atom. The van der Waals surface area contributed by atoms with Crippen molar-refractivity contribution < 1.29 is 0 Å². The van der Waals surface area contributed by atoms with Crippen molar-refractivity contribution in [2.75, 3.05) is 19.0 Å². The molecule has 0 unspecified atom stereocenters. The lowest BCUT2D eigenvalue weighted by Crippen LogP contribution is -2.18. The maximum atomic E-state index is 4.71. The molecule has 1 heterocycles. The minimum atomic E-state index is 0.825. The second-order valence-corrected chi connectivity index (χ2v) is 4.81. The van der Waals surface area contributed by atoms with E-state index in [1.54, 1.807) is 0 Å². The first kappa shape index (κ1) is 13.6. The second kappa shape index (κ2) is 5.85. The number of benzene rings is 1. The number of anilines is 2. The maximum Gasteiger partial charge on any atom is 0.137 e. The van der Waals surface area contributed by atoms with Gasteiger partial charge in [-0.2, -0.15) is 0 Å². The van der Waals surface area contributed by atoms with Crippen LogP contribution in [0.3, 0.4) is 0 Å². The summed E-state index contributed by atoms with van der Waals surface area (Å²) in [5.74, 6) is 1.03. The van der Waals surface area contributed by atoms with Crippen LogP contribution in [0.25, 0.3) is 0 Å². The van der Waals surface area contributed by atoms with E-state index in [9.17, 15) is 0 Å². The molecular formula is C16H21N3. The molecule has 0 bridgehead atoms. The van der Waals surface area contributed by atoms with Gasteiger partial charge in [-0.25, -0.2) is 4.98 Å². The van der Waals surface area contributed by atoms with Crippen LogP contribution in [0, 0.1) is 13.8 Å². The van der Waals surface area contributed by atoms with Crippen molar-refractivity contribution >= 4 is 11.5 Å². The number of hydrogen-bond donors (Lipinski definition) is 1. The third kappa shape index (κ3) is 2.93. The van der Waals surface area contributed by atoms with E-state index >= 15 is 0 Å². The minimum Gasteiger partial charge on any atom is -0.329 e. The number of pyridine rings is 1. The number of aryl methyl sites for hydroxylation is 2. The van der Waals surface area contributed by atoms with Crippen LogP contribution in [0.4, 0.5) is 11.5 Å². The first-order valence-corrected chi connectivity index (χ1v) is 6.54. The van der Waals surface area contributed by atoms with Gasteiger partial charge in [0.15, 0.2) is 0 Å². The average Bonchev–Trinajstić information content (AvgIpc) is 2.42. The summed E-state index contributed by atoms with van der Waals surface area (Å²) in [7, 11) is 4.03. The van der Waals surface area contributed by atoms with E-state index in [1.807, 2.05) is 32.2 Å². The predicted octanol–water partition coefficient (Wildman–Crippen LogP) is 3.19. The van der Waals surface area contributed by atoms with Gasteiger partial charge in [0.25, 0.3) is 0 Å². The first-order chi connectivity index (χ1) is 9.13. The van der Waals surface area contributed by atoms with Crippen LogP contribution in [-0.2, 0) is 6.54 Å². The first-order valence-electron chi connectivity index (χ1n) is 6.54. The molecule has 0 radical (unpaired) electrons. The number of nitrogens with one attached hydrogen (secondary N) is 1. The third-order valence-corrected chi connectivity index (χ3v) is 3.27. The zero-order valence-corrected chi connectivity index (χ0v) is 12.1. The highest BCUT2D eigenvalue weighted by molar-refractivity contribution is 5.63. The fraction of sp³-hybridized carbons (Fsp3) is 0.312. The lowest BCUT2D eigenvalue weighted by Gasteiger charge is -2.23. The van der Waals surface area contributed by atoms with E-state index in [-0.39, 0.29) is 0 Å². The number of hydrogen-bond acceptors (Lipinski definition) is 3. The molecule has 0 amide bonds. The molecule has 19 heavy (non-hydrogen) atoms. The van der Waals surface area contributed by atoms with Gasteiger partial charge in [-0.15, -0.1) is 0 Å². The van der Waals surface area contributed by atoms with E-state index in [0.29, 0.717) is 0 Å². The molecule has 0 aliphatic carbocycles. The van der Waals surface area contributed by atoms with Crippen molar-refractivity contribution in [2.45, 2.75) is 20.4 Å². The number of rotatable bonds is 4. The Morgan fingerprint density at radius 3 is 2.47 bits per heavy atom. The topological polar surface area (TPSA) is 28.2 Å². The number of aromatic nitrogens is 1. The molecule has 0 saturated carbocycles. The van der Waals surface area contributed by atoms with Crippen LogP contribution in [0.2, 0.25) is 0 Å². The Morgan fingerprint density at radius 2 is 1.84 bits per heavy atom. The van der Waals surface area contributed by atoms with Gasteiger partial charge in [-0.1, -0.05) is 18.2 Å². The maximum absolute atomic E-state index is 4.71. The van der Waals surface area contributed by atoms with Gasteiger partial charge in [0.1, 0.15) is 5.82 Å². The Bertz CT molecular complexity index is 549. The van der Waals surface area contributed by atoms with Crippen LogP contribution < -0.4 is 10.2 Å². The molecule has 3 heteroatoms. The summed E-state index contributed by atoms with van der Waals surface area (Å²) < 4.78 is 0. The van der Waals surface area contributed by atoms with Crippen molar-refractivity contribution in [2.24, 2.45) is 0 Å². The van der Waals surface area contributed by atoms with Crippen molar-refractivity contribution in [3.05, 3.63) is 53.2 Å². The van der Waals surface area contributed by atoms with Gasteiger partial charge < -0.3 is 10.2 Å². The monoisotopic (exact) mass is 255 g/mol. The van der Waals surface area contributed by atoms with Crippen LogP contribution in [0.5, 0.6) is 0 Å². The summed E-state index contributed by atoms with van der Waals surface area (Å²) in [6, 6.07) is 12.5. The third-order valence-electron chi connectivity index (χ3n) is 3.27. The molecular weight excluding hydrogens is 234 g/mol. The molecule has 100 valence electrons. The standard InChI is InChI=1S/C16H21N3/c1-12-10-13(2)18-16(15(12)11-17-3)19(4)14-8-6-5-7-9-14/h5-10,17H,11H2,1-4H3. The van der Waals surface area contributed by atoms with E-state index in [4.69, 9.17) is 4.98 Å². The van der Waals surface area contributed by atoms with Gasteiger partial charge in [-0.3, -0.25) is 0 Å². The Hall–Kier alpha value is -1.87. The van der Waals surface area contributed by atoms with Gasteiger partial charge >= 0.3 is 0 Å². The summed E-state index contributed by atoms with van der Waals surface area (Å²) in [6.45, 7) is 5.01. The summed E-state index contributed by atoms with van der Waals surface area (Å²) >= 11 is 0. The Balaban J connectivity index is 2.48. The molecule has 1 aromatic carbocycles. The molecule has 0 saturated heterocycles. The highest BCUT2D eigenvalue weighted by Crippen LogP contribution is 2.27. The van der Waals surface area contributed by atoms with Gasteiger partial charge in [0.05, 0.1) is 0 Å². The van der Waals surface area contributed by atoms with E-state index < -0.39 is 0 Å². The van der Waals surface area contributed by atoms with Crippen molar-refractivity contribution in [1.82, 2.24) is 10.3 Å². The summed E-state index contributed by atoms with van der Waals surface area (Å²) in [5.41, 5.74) is 4.73. The molecule has 2 rings (SSSR count). The molecule has 0 aliphatic rings. The molecule has 2 aromatic rings. The van der Waals surface area contributed by atoms with E-state index in [2.05, 4.69) is 42.4 Å². The molecule has 0 aliphatic heterocycles. The Kier molecular flexibility index (Phi) is 4.17. The minimum absolute atomic E-state index is 0.825. The quantitative estimate of drug-likeness (QED) is 0.909. The van der Waals surface area contributed by atoms with E-state index in [0.717, 1.165) is 23.7 Å². The SMILES string of the molecule is CNCc1c(C)cc(C)nc1N(C)c1ccccc1. The zero-order valence-electron chi connectivity index (χ0n) is 12.1. The predicted molar refractivity (Wildman–Crippen MR) is 81.0 cm³/mol. The van der Waals surface area contributed by atoms with Gasteiger partial charge in [0, 0.05) is 30.5 Å². The van der Waals surface area contributed by atoms with Crippen LogP contribution in [0.1, 0.15) is 16.8 Å². The van der Waals surface area contributed by atoms with E-state index in [1.165, 1.54) is 11.1 Å². The number of para-hydroxylation sites is 1. The lowest BCUT2D eigenvalue weighted by atomic mass is 10.1. The van der Waals surface area contributed by atoms with Crippen molar-refractivity contribution in [1.29, 1.82) is 0 Å². The fourth-order valence-electron chi connectivity index (χ4n) is 2.29. The molecule has 1 N–H and O–H groups in total. The van der Waals surface area contributed by atoms with Gasteiger partial charge in [0.2, 0.25) is 0 Å². The molecule has 0 spiro atoms. The summed E-state index contributed by atoms with van der Waals surface area (Å²) in [6.07, 6.45) is 0. The zero-order chi connectivity index (χ0) is 13.8. The van der Waals surface area contributed by atoms with Gasteiger partial charge in [-0.05, 0) is 44.7 Å². The summed E-state index contributed by atoms with van der Waals surface area (Å²) in [4.78, 5) is 6.86.